The summed E-state index contributed by atoms with van der Waals surface area (Å²) in [5, 5.41) is 6.39. The van der Waals surface area contributed by atoms with Gasteiger partial charge in [-0.3, -0.25) is 4.57 Å². The molecule has 132 valence electrons. The SMILES string of the molecule is CCCCS(=O)(=O)NCCn1nc(-c2cccs2)n(C2CC2)c1=O. The normalized spacial score (nSPS) is 15.0. The molecule has 0 saturated heterocycles. The molecule has 0 bridgehead atoms. The van der Waals surface area contributed by atoms with E-state index in [2.05, 4.69) is 9.82 Å². The fourth-order valence-electron chi connectivity index (χ4n) is 2.52. The van der Waals surface area contributed by atoms with Gasteiger partial charge < -0.3 is 0 Å². The van der Waals surface area contributed by atoms with E-state index in [1.54, 1.807) is 15.9 Å². The monoisotopic (exact) mass is 370 g/mol. The Labute approximate surface area is 145 Å². The maximum absolute atomic E-state index is 12.6. The lowest BCUT2D eigenvalue weighted by atomic mass is 10.4. The molecule has 9 heteroatoms. The summed E-state index contributed by atoms with van der Waals surface area (Å²) in [6.45, 7) is 2.37. The number of nitrogens with one attached hydrogen (secondary N) is 1. The van der Waals surface area contributed by atoms with Gasteiger partial charge in [0.15, 0.2) is 5.82 Å². The maximum Gasteiger partial charge on any atom is 0.346 e. The molecule has 0 aliphatic heterocycles. The Hall–Kier alpha value is -1.45. The predicted molar refractivity (Wildman–Crippen MR) is 94.8 cm³/mol. The molecular weight excluding hydrogens is 348 g/mol. The molecule has 24 heavy (non-hydrogen) atoms. The van der Waals surface area contributed by atoms with Gasteiger partial charge in [-0.15, -0.1) is 16.4 Å². The van der Waals surface area contributed by atoms with E-state index in [-0.39, 0.29) is 30.6 Å². The van der Waals surface area contributed by atoms with Crippen LogP contribution in [0.4, 0.5) is 0 Å². The van der Waals surface area contributed by atoms with Crippen molar-refractivity contribution >= 4 is 21.4 Å². The summed E-state index contributed by atoms with van der Waals surface area (Å²) in [5.74, 6) is 0.807. The van der Waals surface area contributed by atoms with E-state index in [0.29, 0.717) is 12.2 Å². The number of aromatic nitrogens is 3. The van der Waals surface area contributed by atoms with Crippen LogP contribution >= 0.6 is 11.3 Å². The first kappa shape index (κ1) is 17.4. The molecule has 2 heterocycles. The number of thiophene rings is 1. The van der Waals surface area contributed by atoms with Crippen molar-refractivity contribution in [2.75, 3.05) is 12.3 Å². The Morgan fingerprint density at radius 2 is 2.21 bits per heavy atom. The van der Waals surface area contributed by atoms with Crippen LogP contribution in [-0.4, -0.2) is 35.1 Å². The molecule has 1 N–H and O–H groups in total. The minimum absolute atomic E-state index is 0.120. The molecule has 1 aliphatic carbocycles. The van der Waals surface area contributed by atoms with E-state index < -0.39 is 10.0 Å². The van der Waals surface area contributed by atoms with Gasteiger partial charge in [-0.25, -0.2) is 22.6 Å². The quantitative estimate of drug-likeness (QED) is 0.730. The summed E-state index contributed by atoms with van der Waals surface area (Å²) in [6.07, 6.45) is 3.45. The number of unbranched alkanes of at least 4 members (excludes halogenated alkanes) is 1. The van der Waals surface area contributed by atoms with Crippen molar-refractivity contribution in [2.45, 2.75) is 45.2 Å². The second-order valence-corrected chi connectivity index (χ2v) is 8.85. The standard InChI is InChI=1S/C15H22N4O3S2/c1-2-3-11-24(21,22)16-8-9-18-15(20)19(12-6-7-12)14(17-18)13-5-4-10-23-13/h4-5,10,12,16H,2-3,6-9,11H2,1H3. The largest absolute Gasteiger partial charge is 0.346 e. The number of sulfonamides is 1. The van der Waals surface area contributed by atoms with Gasteiger partial charge in [-0.2, -0.15) is 0 Å². The van der Waals surface area contributed by atoms with Gasteiger partial charge in [0, 0.05) is 12.6 Å². The Morgan fingerprint density at radius 1 is 1.42 bits per heavy atom. The van der Waals surface area contributed by atoms with Crippen molar-refractivity contribution < 1.29 is 8.42 Å². The predicted octanol–water partition coefficient (Wildman–Crippen LogP) is 1.83. The van der Waals surface area contributed by atoms with Crippen LogP contribution in [0.5, 0.6) is 0 Å². The Balaban J connectivity index is 1.73. The van der Waals surface area contributed by atoms with Crippen molar-refractivity contribution in [3.05, 3.63) is 28.0 Å². The highest BCUT2D eigenvalue weighted by molar-refractivity contribution is 7.89. The topological polar surface area (TPSA) is 86.0 Å². The summed E-state index contributed by atoms with van der Waals surface area (Å²) in [6, 6.07) is 4.11. The van der Waals surface area contributed by atoms with Gasteiger partial charge in [0.25, 0.3) is 0 Å². The minimum atomic E-state index is -3.28. The smallest absolute Gasteiger partial charge is 0.271 e. The molecule has 2 aromatic rings. The van der Waals surface area contributed by atoms with Gasteiger partial charge in [0.05, 0.1) is 17.2 Å². The number of nitrogens with zero attached hydrogens (tertiary/aromatic N) is 3. The molecule has 0 unspecified atom stereocenters. The van der Waals surface area contributed by atoms with Crippen LogP contribution in [0.15, 0.2) is 22.3 Å². The van der Waals surface area contributed by atoms with Crippen LogP contribution < -0.4 is 10.4 Å². The molecule has 7 nitrogen and oxygen atoms in total. The Morgan fingerprint density at radius 3 is 2.83 bits per heavy atom. The summed E-state index contributed by atoms with van der Waals surface area (Å²) in [5.41, 5.74) is -0.159. The summed E-state index contributed by atoms with van der Waals surface area (Å²) >= 11 is 1.55. The number of hydrogen-bond donors (Lipinski definition) is 1. The van der Waals surface area contributed by atoms with E-state index in [1.807, 2.05) is 24.4 Å². The van der Waals surface area contributed by atoms with Gasteiger partial charge in [-0.05, 0) is 30.7 Å². The lowest BCUT2D eigenvalue weighted by Crippen LogP contribution is -2.33. The maximum atomic E-state index is 12.6. The van der Waals surface area contributed by atoms with Crippen molar-refractivity contribution in [1.82, 2.24) is 19.1 Å². The molecule has 0 atom stereocenters. The average Bonchev–Trinajstić information content (AvgIpc) is 3.12. The van der Waals surface area contributed by atoms with Crippen LogP contribution in [0.25, 0.3) is 10.7 Å². The first-order valence-electron chi connectivity index (χ1n) is 8.22. The van der Waals surface area contributed by atoms with E-state index in [9.17, 15) is 13.2 Å². The van der Waals surface area contributed by atoms with E-state index in [4.69, 9.17) is 0 Å². The van der Waals surface area contributed by atoms with E-state index >= 15 is 0 Å². The summed E-state index contributed by atoms with van der Waals surface area (Å²) in [7, 11) is -3.28. The zero-order chi connectivity index (χ0) is 17.2. The fraction of sp³-hybridized carbons (Fsp3) is 0.600. The Kier molecular flexibility index (Phi) is 5.21. The van der Waals surface area contributed by atoms with Crippen LogP contribution in [0.1, 0.15) is 38.6 Å². The van der Waals surface area contributed by atoms with Gasteiger partial charge in [0.1, 0.15) is 0 Å². The third kappa shape index (κ3) is 3.96. The highest BCUT2D eigenvalue weighted by Crippen LogP contribution is 2.37. The second kappa shape index (κ2) is 7.20. The Bertz CT molecular complexity index is 833. The third-order valence-electron chi connectivity index (χ3n) is 3.94. The van der Waals surface area contributed by atoms with Crippen molar-refractivity contribution in [3.8, 4) is 10.7 Å². The molecule has 0 spiro atoms. The van der Waals surface area contributed by atoms with Crippen molar-refractivity contribution in [1.29, 1.82) is 0 Å². The second-order valence-electron chi connectivity index (χ2n) is 5.97. The lowest BCUT2D eigenvalue weighted by molar-refractivity contribution is 0.545. The molecule has 2 aromatic heterocycles. The van der Waals surface area contributed by atoms with Gasteiger partial charge >= 0.3 is 5.69 Å². The first-order chi connectivity index (χ1) is 11.5. The zero-order valence-corrected chi connectivity index (χ0v) is 15.3. The zero-order valence-electron chi connectivity index (χ0n) is 13.6. The average molecular weight is 371 g/mol. The highest BCUT2D eigenvalue weighted by Gasteiger charge is 2.30. The summed E-state index contributed by atoms with van der Waals surface area (Å²) in [4.78, 5) is 13.5. The molecule has 0 aromatic carbocycles. The molecule has 1 saturated carbocycles. The molecular formula is C15H22N4O3S2. The lowest BCUT2D eigenvalue weighted by Gasteiger charge is -2.05. The number of hydrogen-bond acceptors (Lipinski definition) is 5. The van der Waals surface area contributed by atoms with Gasteiger partial charge in [-0.1, -0.05) is 19.4 Å². The molecule has 0 amide bonds. The van der Waals surface area contributed by atoms with Crippen LogP contribution in [0.3, 0.4) is 0 Å². The van der Waals surface area contributed by atoms with E-state index in [0.717, 1.165) is 24.1 Å². The van der Waals surface area contributed by atoms with Crippen LogP contribution in [0, 0.1) is 0 Å². The van der Waals surface area contributed by atoms with Gasteiger partial charge in [0.2, 0.25) is 10.0 Å². The van der Waals surface area contributed by atoms with Crippen molar-refractivity contribution in [3.63, 3.8) is 0 Å². The molecule has 1 fully saturated rings. The van der Waals surface area contributed by atoms with E-state index in [1.165, 1.54) is 4.68 Å². The summed E-state index contributed by atoms with van der Waals surface area (Å²) < 4.78 is 29.3. The van der Waals surface area contributed by atoms with Crippen molar-refractivity contribution in [2.24, 2.45) is 0 Å². The molecule has 3 rings (SSSR count). The minimum Gasteiger partial charge on any atom is -0.271 e. The molecule has 1 aliphatic rings. The number of rotatable bonds is 9. The first-order valence-corrected chi connectivity index (χ1v) is 10.8. The highest BCUT2D eigenvalue weighted by atomic mass is 32.2. The fourth-order valence-corrected chi connectivity index (χ4v) is 4.44. The third-order valence-corrected chi connectivity index (χ3v) is 6.27. The van der Waals surface area contributed by atoms with Crippen LogP contribution in [-0.2, 0) is 16.6 Å². The molecule has 0 radical (unpaired) electrons. The van der Waals surface area contributed by atoms with Crippen LogP contribution in [0.2, 0.25) is 0 Å².